The minimum atomic E-state index is -0.546. The van der Waals surface area contributed by atoms with Gasteiger partial charge in [0, 0.05) is 29.8 Å². The Kier molecular flexibility index (Phi) is 8.09. The molecule has 0 atom stereocenters. The third kappa shape index (κ3) is 7.57. The Balaban J connectivity index is 1.65. The summed E-state index contributed by atoms with van der Waals surface area (Å²) in [5.41, 5.74) is 2.75. The van der Waals surface area contributed by atoms with Crippen LogP contribution in [0.2, 0.25) is 0 Å². The molecule has 0 bridgehead atoms. The first-order valence-corrected chi connectivity index (χ1v) is 9.27. The number of para-hydroxylation sites is 1. The van der Waals surface area contributed by atoms with Crippen LogP contribution in [0.15, 0.2) is 48.5 Å². The topological polar surface area (TPSA) is 102 Å². The minimum absolute atomic E-state index is 0.0434. The molecule has 2 amide bonds. The molecule has 29 heavy (non-hydrogen) atoms. The number of amides is 2. The molecule has 7 nitrogen and oxygen atoms in total. The van der Waals surface area contributed by atoms with Gasteiger partial charge in [-0.3, -0.25) is 19.2 Å². The molecule has 152 valence electrons. The van der Waals surface area contributed by atoms with Crippen LogP contribution in [0.4, 0.5) is 11.4 Å². The summed E-state index contributed by atoms with van der Waals surface area (Å²) in [6.07, 6.45) is 0.546. The maximum atomic E-state index is 11.9. The first-order chi connectivity index (χ1) is 13.8. The van der Waals surface area contributed by atoms with Crippen LogP contribution in [-0.4, -0.2) is 30.2 Å². The monoisotopic (exact) mass is 396 g/mol. The normalized spacial score (nSPS) is 10.1. The number of benzene rings is 2. The number of ether oxygens (including phenoxy) is 1. The smallest absolute Gasteiger partial charge is 0.306 e. The Morgan fingerprint density at radius 3 is 2.21 bits per heavy atom. The van der Waals surface area contributed by atoms with E-state index in [2.05, 4.69) is 10.6 Å². The number of anilines is 2. The van der Waals surface area contributed by atoms with Gasteiger partial charge in [-0.15, -0.1) is 0 Å². The highest BCUT2D eigenvalue weighted by Gasteiger charge is 2.10. The molecule has 0 fully saturated rings. The van der Waals surface area contributed by atoms with E-state index >= 15 is 0 Å². The van der Waals surface area contributed by atoms with Gasteiger partial charge in [0.1, 0.15) is 0 Å². The third-order valence-electron chi connectivity index (χ3n) is 4.14. The maximum absolute atomic E-state index is 11.9. The van der Waals surface area contributed by atoms with Gasteiger partial charge in [-0.1, -0.05) is 18.2 Å². The number of esters is 1. The lowest BCUT2D eigenvalue weighted by atomic mass is 10.1. The summed E-state index contributed by atoms with van der Waals surface area (Å²) in [7, 11) is 0. The van der Waals surface area contributed by atoms with Crippen molar-refractivity contribution in [2.24, 2.45) is 0 Å². The van der Waals surface area contributed by atoms with Crippen LogP contribution in [0.5, 0.6) is 0 Å². The summed E-state index contributed by atoms with van der Waals surface area (Å²) < 4.78 is 4.92. The van der Waals surface area contributed by atoms with Gasteiger partial charge in [0.2, 0.25) is 5.91 Å². The summed E-state index contributed by atoms with van der Waals surface area (Å²) in [6.45, 7) is 2.94. The summed E-state index contributed by atoms with van der Waals surface area (Å²) in [5, 5.41) is 5.37. The number of carbonyl (C=O) groups excluding carboxylic acids is 4. The van der Waals surface area contributed by atoms with Crippen LogP contribution in [-0.2, 0) is 19.1 Å². The number of aryl methyl sites for hydroxylation is 1. The second-order valence-corrected chi connectivity index (χ2v) is 6.56. The summed E-state index contributed by atoms with van der Waals surface area (Å²) in [5.74, 6) is -1.27. The zero-order valence-electron chi connectivity index (χ0n) is 16.5. The van der Waals surface area contributed by atoms with Crippen LogP contribution in [0.25, 0.3) is 0 Å². The van der Waals surface area contributed by atoms with Gasteiger partial charge in [0.05, 0.1) is 0 Å². The largest absolute Gasteiger partial charge is 0.456 e. The van der Waals surface area contributed by atoms with E-state index in [1.165, 1.54) is 6.92 Å². The van der Waals surface area contributed by atoms with Gasteiger partial charge in [0.25, 0.3) is 5.91 Å². The number of hydrogen-bond donors (Lipinski definition) is 2. The molecule has 0 saturated heterocycles. The second-order valence-electron chi connectivity index (χ2n) is 6.56. The first-order valence-electron chi connectivity index (χ1n) is 9.27. The maximum Gasteiger partial charge on any atom is 0.306 e. The Bertz CT molecular complexity index is 890. The van der Waals surface area contributed by atoms with Gasteiger partial charge in [-0.05, 0) is 56.2 Å². The van der Waals surface area contributed by atoms with E-state index in [1.54, 1.807) is 24.3 Å². The van der Waals surface area contributed by atoms with Gasteiger partial charge >= 0.3 is 5.97 Å². The molecule has 0 aliphatic rings. The highest BCUT2D eigenvalue weighted by Crippen LogP contribution is 2.14. The minimum Gasteiger partial charge on any atom is -0.456 e. The number of hydrogen-bond acceptors (Lipinski definition) is 5. The molecule has 0 saturated carbocycles. The molecule has 7 heteroatoms. The van der Waals surface area contributed by atoms with Crippen LogP contribution >= 0.6 is 0 Å². The molecular formula is C22H24N2O5. The Morgan fingerprint density at radius 2 is 1.55 bits per heavy atom. The fourth-order valence-electron chi connectivity index (χ4n) is 2.52. The predicted molar refractivity (Wildman–Crippen MR) is 110 cm³/mol. The van der Waals surface area contributed by atoms with Crippen molar-refractivity contribution in [2.45, 2.75) is 33.1 Å². The fraction of sp³-hybridized carbons (Fsp3) is 0.273. The van der Waals surface area contributed by atoms with Gasteiger partial charge in [-0.25, -0.2) is 0 Å². The zero-order valence-corrected chi connectivity index (χ0v) is 16.5. The van der Waals surface area contributed by atoms with E-state index in [0.29, 0.717) is 17.7 Å². The molecule has 0 aliphatic heterocycles. The molecule has 0 spiro atoms. The number of rotatable bonds is 9. The molecule has 2 rings (SSSR count). The summed E-state index contributed by atoms with van der Waals surface area (Å²) >= 11 is 0. The number of carbonyl (C=O) groups is 4. The van der Waals surface area contributed by atoms with Gasteiger partial charge in [0.15, 0.2) is 12.4 Å². The van der Waals surface area contributed by atoms with Gasteiger partial charge < -0.3 is 15.4 Å². The van der Waals surface area contributed by atoms with Crippen molar-refractivity contribution in [3.8, 4) is 0 Å². The zero-order chi connectivity index (χ0) is 21.2. The average Bonchev–Trinajstić information content (AvgIpc) is 2.68. The molecular weight excluding hydrogens is 372 g/mol. The summed E-state index contributed by atoms with van der Waals surface area (Å²) in [6, 6.07) is 13.8. The van der Waals surface area contributed by atoms with Crippen molar-refractivity contribution in [1.29, 1.82) is 0 Å². The third-order valence-corrected chi connectivity index (χ3v) is 4.14. The highest BCUT2D eigenvalue weighted by molar-refractivity contribution is 5.96. The molecule has 0 aliphatic carbocycles. The van der Waals surface area contributed by atoms with Crippen molar-refractivity contribution in [2.75, 3.05) is 17.2 Å². The van der Waals surface area contributed by atoms with Crippen molar-refractivity contribution in [3.05, 3.63) is 59.7 Å². The lowest BCUT2D eigenvalue weighted by molar-refractivity contribution is -0.147. The Hall–Kier alpha value is -3.48. The SMILES string of the molecule is CC(=O)c1ccc(NC(=O)COC(=O)CCCC(=O)Nc2ccccc2C)cc1. The molecule has 0 aromatic heterocycles. The average molecular weight is 396 g/mol. The van der Waals surface area contributed by atoms with E-state index < -0.39 is 18.5 Å². The Labute approximate surface area is 169 Å². The first kappa shape index (κ1) is 21.8. The molecule has 0 unspecified atom stereocenters. The highest BCUT2D eigenvalue weighted by atomic mass is 16.5. The molecule has 2 aromatic rings. The van der Waals surface area contributed by atoms with Crippen molar-refractivity contribution >= 4 is 34.9 Å². The standard InChI is InChI=1S/C22H24N2O5/c1-15-6-3-4-7-19(15)24-20(26)8-5-9-22(28)29-14-21(27)23-18-12-10-17(11-13-18)16(2)25/h3-4,6-7,10-13H,5,8-9,14H2,1-2H3,(H,23,27)(H,24,26). The van der Waals surface area contributed by atoms with E-state index in [9.17, 15) is 19.2 Å². The van der Waals surface area contributed by atoms with Crippen LogP contribution in [0.1, 0.15) is 42.1 Å². The number of nitrogens with one attached hydrogen (secondary N) is 2. The van der Waals surface area contributed by atoms with Gasteiger partial charge in [-0.2, -0.15) is 0 Å². The van der Waals surface area contributed by atoms with Crippen LogP contribution in [0, 0.1) is 6.92 Å². The summed E-state index contributed by atoms with van der Waals surface area (Å²) in [4.78, 5) is 46.7. The Morgan fingerprint density at radius 1 is 0.862 bits per heavy atom. The van der Waals surface area contributed by atoms with E-state index in [1.807, 2.05) is 31.2 Å². The quantitative estimate of drug-likeness (QED) is 0.499. The number of Topliss-reactive ketones (excluding diaryl/α,β-unsaturated/α-hetero) is 1. The van der Waals surface area contributed by atoms with Crippen molar-refractivity contribution in [3.63, 3.8) is 0 Å². The number of ketones is 1. The van der Waals surface area contributed by atoms with Crippen LogP contribution < -0.4 is 10.6 Å². The molecule has 2 N–H and O–H groups in total. The molecule has 0 heterocycles. The lowest BCUT2D eigenvalue weighted by Gasteiger charge is -2.08. The molecule has 0 radical (unpaired) electrons. The van der Waals surface area contributed by atoms with Crippen LogP contribution in [0.3, 0.4) is 0 Å². The van der Waals surface area contributed by atoms with E-state index in [4.69, 9.17) is 4.74 Å². The second kappa shape index (κ2) is 10.8. The van der Waals surface area contributed by atoms with E-state index in [0.717, 1.165) is 11.3 Å². The molecule has 2 aromatic carbocycles. The van der Waals surface area contributed by atoms with Crippen molar-refractivity contribution < 1.29 is 23.9 Å². The lowest BCUT2D eigenvalue weighted by Crippen LogP contribution is -2.21. The predicted octanol–water partition coefficient (Wildman–Crippen LogP) is 3.49. The van der Waals surface area contributed by atoms with Crippen molar-refractivity contribution in [1.82, 2.24) is 0 Å². The van der Waals surface area contributed by atoms with E-state index in [-0.39, 0.29) is 24.5 Å². The fourth-order valence-corrected chi connectivity index (χ4v) is 2.52.